The summed E-state index contributed by atoms with van der Waals surface area (Å²) in [6.45, 7) is 23.5. The van der Waals surface area contributed by atoms with Crippen LogP contribution in [0.25, 0.3) is 0 Å². The van der Waals surface area contributed by atoms with E-state index in [0.717, 1.165) is 5.75 Å². The van der Waals surface area contributed by atoms with Crippen molar-refractivity contribution in [2.75, 3.05) is 0 Å². The Morgan fingerprint density at radius 1 is 0.789 bits per heavy atom. The molecule has 0 N–H and O–H groups in total. The van der Waals surface area contributed by atoms with Crippen molar-refractivity contribution in [3.63, 3.8) is 0 Å². The Kier molecular flexibility index (Phi) is 8.67. The minimum atomic E-state index is -2.56. The van der Waals surface area contributed by atoms with Crippen molar-refractivity contribution in [3.05, 3.63) is 116 Å². The third-order valence-corrected chi connectivity index (χ3v) is 14.2. The molecule has 4 rings (SSSR count). The molecule has 0 aliphatic heterocycles. The predicted octanol–water partition coefficient (Wildman–Crippen LogP) is 8.43. The van der Waals surface area contributed by atoms with Gasteiger partial charge in [0.2, 0.25) is 0 Å². The van der Waals surface area contributed by atoms with Crippen LogP contribution in [0, 0.1) is 12.8 Å². The molecular formula is C35H44OSiTi. The Morgan fingerprint density at radius 2 is 1.32 bits per heavy atom. The van der Waals surface area contributed by atoms with Gasteiger partial charge in [-0.2, -0.15) is 0 Å². The van der Waals surface area contributed by atoms with E-state index in [1.807, 2.05) is 0 Å². The molecule has 0 bridgehead atoms. The molecule has 0 saturated carbocycles. The Bertz CT molecular complexity index is 1380. The van der Waals surface area contributed by atoms with E-state index in [0.29, 0.717) is 5.92 Å². The average molecular weight is 557 g/mol. The first-order chi connectivity index (χ1) is 17.9. The third-order valence-electron chi connectivity index (χ3n) is 8.12. The zero-order valence-electron chi connectivity index (χ0n) is 25.0. The quantitative estimate of drug-likeness (QED) is 0.277. The molecule has 0 spiro atoms. The van der Waals surface area contributed by atoms with Gasteiger partial charge in [-0.25, -0.2) is 0 Å². The fraction of sp³-hybridized carbons (Fsp3) is 0.343. The molecule has 3 aromatic rings. The summed E-state index contributed by atoms with van der Waals surface area (Å²) in [5.74, 6) is 1.55. The summed E-state index contributed by atoms with van der Waals surface area (Å²) in [6, 6.07) is 26.7. The van der Waals surface area contributed by atoms with Crippen molar-refractivity contribution in [1.82, 2.24) is 0 Å². The van der Waals surface area contributed by atoms with E-state index in [1.54, 1.807) is 3.88 Å². The molecule has 1 unspecified atom stereocenters. The SMILES string of the molecule is CC1=C(C)C(C)[C]([Ti]([O]c2cc(C)cc(C(C)(C)C)c2[SiH](C)C)=[C](c2ccccc2)c2ccccc2)=C1C. The van der Waals surface area contributed by atoms with Crippen molar-refractivity contribution >= 4 is 17.8 Å². The van der Waals surface area contributed by atoms with E-state index in [2.05, 4.69) is 141 Å². The van der Waals surface area contributed by atoms with Crippen LogP contribution in [0.1, 0.15) is 70.7 Å². The number of rotatable bonds is 6. The van der Waals surface area contributed by atoms with Gasteiger partial charge in [0.25, 0.3) is 0 Å². The molecular weight excluding hydrogens is 512 g/mol. The second-order valence-electron chi connectivity index (χ2n) is 12.2. The zero-order valence-corrected chi connectivity index (χ0v) is 27.7. The van der Waals surface area contributed by atoms with E-state index < -0.39 is 26.6 Å². The van der Waals surface area contributed by atoms with E-state index in [1.165, 1.54) is 48.0 Å². The molecule has 1 atom stereocenters. The predicted molar refractivity (Wildman–Crippen MR) is 165 cm³/mol. The van der Waals surface area contributed by atoms with Gasteiger partial charge in [0, 0.05) is 0 Å². The first kappa shape index (κ1) is 28.7. The molecule has 0 fully saturated rings. The number of benzene rings is 3. The third kappa shape index (κ3) is 5.69. The molecule has 1 aliphatic carbocycles. The van der Waals surface area contributed by atoms with Crippen molar-refractivity contribution < 1.29 is 21.1 Å². The van der Waals surface area contributed by atoms with Crippen molar-refractivity contribution in [1.29, 1.82) is 0 Å². The first-order valence-electron chi connectivity index (χ1n) is 14.0. The van der Waals surface area contributed by atoms with Gasteiger partial charge in [-0.05, 0) is 0 Å². The van der Waals surface area contributed by atoms with Crippen LogP contribution in [0.2, 0.25) is 13.1 Å². The van der Waals surface area contributed by atoms with E-state index in [9.17, 15) is 0 Å². The van der Waals surface area contributed by atoms with Crippen LogP contribution in [-0.2, 0) is 23.2 Å². The number of hydrogen-bond acceptors (Lipinski definition) is 1. The molecule has 1 aliphatic rings. The second kappa shape index (κ2) is 11.5. The maximum atomic E-state index is 7.60. The van der Waals surface area contributed by atoms with Crippen LogP contribution in [0.4, 0.5) is 0 Å². The van der Waals surface area contributed by atoms with Crippen LogP contribution < -0.4 is 8.51 Å². The number of hydrogen-bond donors (Lipinski definition) is 0. The fourth-order valence-corrected chi connectivity index (χ4v) is 12.3. The van der Waals surface area contributed by atoms with Gasteiger partial charge in [-0.3, -0.25) is 0 Å². The molecule has 198 valence electrons. The van der Waals surface area contributed by atoms with Crippen LogP contribution in [0.15, 0.2) is 93.4 Å². The Hall–Kier alpha value is -2.26. The first-order valence-corrected chi connectivity index (χ1v) is 19.1. The Balaban J connectivity index is 2.11. The standard InChI is InChI=1S/C13H22OSi.C13H10.C9H13.Ti/c1-9-7-10(13(2,3)4)12(15(5)6)11(14)8-9;1-3-7-12(8-4-1)11-13-9-5-2-6-10-13;1-6-5-7(2)9(4)8(6)3;/h7-8,14-15H,1-6H3;1-10H;6H,1-4H3;/q;;;+1/p-1. The molecule has 0 aromatic heterocycles. The molecule has 1 nitrogen and oxygen atoms in total. The molecule has 3 heteroatoms. The Morgan fingerprint density at radius 3 is 1.74 bits per heavy atom. The van der Waals surface area contributed by atoms with Crippen molar-refractivity contribution in [2.24, 2.45) is 5.92 Å². The van der Waals surface area contributed by atoms with Crippen LogP contribution in [-0.4, -0.2) is 12.6 Å². The minimum absolute atomic E-state index is 0.0763. The molecule has 0 amide bonds. The van der Waals surface area contributed by atoms with Gasteiger partial charge in [0.15, 0.2) is 0 Å². The van der Waals surface area contributed by atoms with E-state index in [-0.39, 0.29) is 5.41 Å². The van der Waals surface area contributed by atoms with E-state index >= 15 is 0 Å². The summed E-state index contributed by atoms with van der Waals surface area (Å²) in [4.78, 5) is 0. The van der Waals surface area contributed by atoms with Gasteiger partial charge in [0.05, 0.1) is 0 Å². The summed E-state index contributed by atoms with van der Waals surface area (Å²) in [5.41, 5.74) is 9.78. The summed E-state index contributed by atoms with van der Waals surface area (Å²) in [7, 11) is -1.19. The fourth-order valence-electron chi connectivity index (χ4n) is 5.78. The molecule has 0 heterocycles. The van der Waals surface area contributed by atoms with Crippen LogP contribution in [0.5, 0.6) is 5.75 Å². The summed E-state index contributed by atoms with van der Waals surface area (Å²) in [5, 5.41) is 1.50. The summed E-state index contributed by atoms with van der Waals surface area (Å²) < 4.78 is 10.6. The molecule has 0 saturated heterocycles. The summed E-state index contributed by atoms with van der Waals surface area (Å²) >= 11 is -2.56. The topological polar surface area (TPSA) is 9.23 Å². The van der Waals surface area contributed by atoms with Gasteiger partial charge in [-0.1, -0.05) is 0 Å². The zero-order chi connectivity index (χ0) is 27.8. The maximum absolute atomic E-state index is 7.60. The van der Waals surface area contributed by atoms with Gasteiger partial charge in [-0.15, -0.1) is 0 Å². The number of allylic oxidation sites excluding steroid dienone is 4. The molecule has 3 aromatic carbocycles. The average Bonchev–Trinajstić information content (AvgIpc) is 3.06. The van der Waals surface area contributed by atoms with Crippen LogP contribution in [0.3, 0.4) is 0 Å². The van der Waals surface area contributed by atoms with Gasteiger partial charge < -0.3 is 0 Å². The molecule has 38 heavy (non-hydrogen) atoms. The van der Waals surface area contributed by atoms with Crippen molar-refractivity contribution in [3.8, 4) is 5.75 Å². The number of aryl methyl sites for hydroxylation is 1. The summed E-state index contributed by atoms with van der Waals surface area (Å²) in [6.07, 6.45) is 0. The van der Waals surface area contributed by atoms with Gasteiger partial charge in [0.1, 0.15) is 0 Å². The van der Waals surface area contributed by atoms with E-state index in [4.69, 9.17) is 3.32 Å². The molecule has 0 radical (unpaired) electrons. The Labute approximate surface area is 239 Å². The normalized spacial score (nSPS) is 15.9. The van der Waals surface area contributed by atoms with Crippen molar-refractivity contribution in [2.45, 2.75) is 73.9 Å². The monoisotopic (exact) mass is 556 g/mol. The second-order valence-corrected chi connectivity index (χ2v) is 18.1. The van der Waals surface area contributed by atoms with Gasteiger partial charge >= 0.3 is 240 Å². The van der Waals surface area contributed by atoms with Crippen LogP contribution >= 0.6 is 0 Å².